The van der Waals surface area contributed by atoms with Gasteiger partial charge in [0.25, 0.3) is 0 Å². The lowest BCUT2D eigenvalue weighted by Crippen LogP contribution is -2.50. The van der Waals surface area contributed by atoms with E-state index in [0.29, 0.717) is 22.6 Å². The quantitative estimate of drug-likeness (QED) is 0.394. The average molecular weight is 610 g/mol. The van der Waals surface area contributed by atoms with Crippen LogP contribution in [-0.2, 0) is 9.53 Å². The molecule has 222 valence electrons. The van der Waals surface area contributed by atoms with Crippen LogP contribution in [0.5, 0.6) is 0 Å². The summed E-state index contributed by atoms with van der Waals surface area (Å²) >= 11 is 8.20. The van der Waals surface area contributed by atoms with Gasteiger partial charge < -0.3 is 25.6 Å². The minimum atomic E-state index is 0.0732. The van der Waals surface area contributed by atoms with E-state index in [9.17, 15) is 4.79 Å². The summed E-state index contributed by atoms with van der Waals surface area (Å²) in [6.45, 7) is 7.75. The third kappa shape index (κ3) is 6.03. The second-order valence-corrected chi connectivity index (χ2v) is 12.9. The molecule has 11 nitrogen and oxygen atoms in total. The van der Waals surface area contributed by atoms with Crippen LogP contribution in [0.25, 0.3) is 0 Å². The summed E-state index contributed by atoms with van der Waals surface area (Å²) in [6, 6.07) is 3.72. The number of rotatable bonds is 7. The van der Waals surface area contributed by atoms with Gasteiger partial charge in [-0.3, -0.25) is 4.79 Å². The first-order chi connectivity index (χ1) is 20.3. The van der Waals surface area contributed by atoms with Crippen LogP contribution in [0.15, 0.2) is 46.8 Å². The number of carbonyl (C=O) groups is 1. The molecule has 2 atom stereocenters. The number of hydrogen-bond donors (Lipinski definition) is 2. The molecule has 0 bridgehead atoms. The fraction of sp³-hybridized carbons (Fsp3) is 0.517. The van der Waals surface area contributed by atoms with E-state index in [1.807, 2.05) is 12.3 Å². The van der Waals surface area contributed by atoms with Gasteiger partial charge in [0.05, 0.1) is 30.1 Å². The Morgan fingerprint density at radius 3 is 2.50 bits per heavy atom. The molecule has 0 radical (unpaired) electrons. The second kappa shape index (κ2) is 12.3. The highest BCUT2D eigenvalue weighted by molar-refractivity contribution is 7.99. The van der Waals surface area contributed by atoms with E-state index in [-0.39, 0.29) is 29.3 Å². The molecule has 0 aromatic carbocycles. The molecule has 3 aromatic rings. The monoisotopic (exact) mass is 609 g/mol. The molecule has 3 fully saturated rings. The molecule has 13 heteroatoms. The van der Waals surface area contributed by atoms with E-state index >= 15 is 0 Å². The molecule has 0 unspecified atom stereocenters. The number of anilines is 4. The third-order valence-electron chi connectivity index (χ3n) is 8.85. The van der Waals surface area contributed by atoms with E-state index in [4.69, 9.17) is 27.1 Å². The highest BCUT2D eigenvalue weighted by Gasteiger charge is 2.47. The number of Topliss-reactive ketones (excluding diaryl/α,β-unsaturated/α-hetero) is 1. The Morgan fingerprint density at radius 2 is 1.83 bits per heavy atom. The number of nitrogens with zero attached hydrogens (tertiary/aromatic N) is 7. The summed E-state index contributed by atoms with van der Waals surface area (Å²) in [5, 5.41) is 4.45. The van der Waals surface area contributed by atoms with Gasteiger partial charge in [0.2, 0.25) is 5.95 Å². The van der Waals surface area contributed by atoms with Crippen LogP contribution in [0.2, 0.25) is 5.02 Å². The smallest absolute Gasteiger partial charge is 0.227 e. The molecule has 0 saturated carbocycles. The number of hydrogen-bond acceptors (Lipinski definition) is 12. The normalized spacial score (nSPS) is 22.5. The summed E-state index contributed by atoms with van der Waals surface area (Å²) in [5.41, 5.74) is 6.54. The maximum atomic E-state index is 11.7. The zero-order valence-electron chi connectivity index (χ0n) is 23.9. The van der Waals surface area contributed by atoms with Crippen molar-refractivity contribution in [2.24, 2.45) is 17.1 Å². The van der Waals surface area contributed by atoms with Crippen LogP contribution < -0.4 is 20.9 Å². The Balaban J connectivity index is 1.08. The standard InChI is InChI=1S/C29H36ClN9O2S/c1-18(40)20-5-11-39(12-6-20)28-33-10-4-22(37-28)36-27-25(30)21(3-9-32-27)42-24-16-34-23(15-35-24)38-13-7-29(8-14-38)17-41-19(2)26(29)31/h3-4,9-10,15-16,19-20,26H,5-8,11-14,17,31H2,1-2H3,(H,32,33,36,37)/t19-,26+/m0/s1. The number of ether oxygens (including phenoxy) is 1. The summed E-state index contributed by atoms with van der Waals surface area (Å²) in [4.78, 5) is 39.8. The molecule has 42 heavy (non-hydrogen) atoms. The van der Waals surface area contributed by atoms with Crippen molar-refractivity contribution in [1.29, 1.82) is 0 Å². The third-order valence-corrected chi connectivity index (χ3v) is 10.3. The van der Waals surface area contributed by atoms with Crippen LogP contribution >= 0.6 is 23.4 Å². The van der Waals surface area contributed by atoms with Gasteiger partial charge in [-0.25, -0.2) is 19.9 Å². The predicted molar refractivity (Wildman–Crippen MR) is 164 cm³/mol. The predicted octanol–water partition coefficient (Wildman–Crippen LogP) is 4.35. The molecule has 3 aliphatic heterocycles. The van der Waals surface area contributed by atoms with Crippen molar-refractivity contribution in [3.8, 4) is 0 Å². The van der Waals surface area contributed by atoms with Gasteiger partial charge in [-0.05, 0) is 51.7 Å². The summed E-state index contributed by atoms with van der Waals surface area (Å²) in [6.07, 6.45) is 10.8. The minimum Gasteiger partial charge on any atom is -0.376 e. The van der Waals surface area contributed by atoms with E-state index in [0.717, 1.165) is 74.2 Å². The average Bonchev–Trinajstić information content (AvgIpc) is 3.28. The van der Waals surface area contributed by atoms with E-state index < -0.39 is 0 Å². The summed E-state index contributed by atoms with van der Waals surface area (Å²) < 4.78 is 5.85. The Bertz CT molecular complexity index is 1410. The van der Waals surface area contributed by atoms with Crippen LogP contribution in [-0.4, -0.2) is 75.6 Å². The first kappa shape index (κ1) is 29.0. The molecule has 0 aliphatic carbocycles. The van der Waals surface area contributed by atoms with Crippen LogP contribution in [0.3, 0.4) is 0 Å². The highest BCUT2D eigenvalue weighted by Crippen LogP contribution is 2.42. The molecule has 3 saturated heterocycles. The fourth-order valence-corrected chi connectivity index (χ4v) is 7.09. The number of pyridine rings is 1. The van der Waals surface area contributed by atoms with Gasteiger partial charge in [0.15, 0.2) is 5.82 Å². The molecule has 3 aromatic heterocycles. The van der Waals surface area contributed by atoms with Gasteiger partial charge in [-0.1, -0.05) is 23.4 Å². The van der Waals surface area contributed by atoms with Gasteiger partial charge in [0, 0.05) is 60.8 Å². The Hall–Kier alpha value is -3.06. The highest BCUT2D eigenvalue weighted by atomic mass is 35.5. The molecule has 0 amide bonds. The Kier molecular flexibility index (Phi) is 8.49. The lowest BCUT2D eigenvalue weighted by molar-refractivity contribution is -0.121. The fourth-order valence-electron chi connectivity index (χ4n) is 6.06. The van der Waals surface area contributed by atoms with Crippen molar-refractivity contribution in [3.05, 3.63) is 41.9 Å². The van der Waals surface area contributed by atoms with Crippen molar-refractivity contribution in [3.63, 3.8) is 0 Å². The number of halogens is 1. The summed E-state index contributed by atoms with van der Waals surface area (Å²) in [5.74, 6) is 2.95. The van der Waals surface area contributed by atoms with Crippen LogP contribution in [0.1, 0.15) is 39.5 Å². The largest absolute Gasteiger partial charge is 0.376 e. The first-order valence-corrected chi connectivity index (χ1v) is 15.6. The number of aromatic nitrogens is 5. The van der Waals surface area contributed by atoms with Crippen molar-refractivity contribution in [2.75, 3.05) is 47.9 Å². The van der Waals surface area contributed by atoms with Crippen molar-refractivity contribution in [2.45, 2.75) is 61.6 Å². The zero-order chi connectivity index (χ0) is 29.3. The molecule has 3 aliphatic rings. The SMILES string of the molecule is CC(=O)C1CCN(c2nccc(Nc3nccc(Sc4cnc(N5CCC6(CC5)CO[C@@H](C)[C@H]6N)cn4)c3Cl)n2)CC1. The minimum absolute atomic E-state index is 0.0732. The molecule has 6 rings (SSSR count). The van der Waals surface area contributed by atoms with Gasteiger partial charge in [-0.2, -0.15) is 4.98 Å². The number of ketones is 1. The molecule has 1 spiro atoms. The number of nitrogens with two attached hydrogens (primary N) is 1. The molecule has 3 N–H and O–H groups in total. The lowest BCUT2D eigenvalue weighted by atomic mass is 9.73. The number of carbonyl (C=O) groups excluding carboxylic acids is 1. The van der Waals surface area contributed by atoms with Crippen LogP contribution in [0, 0.1) is 11.3 Å². The van der Waals surface area contributed by atoms with E-state index in [1.165, 1.54) is 11.8 Å². The Labute approximate surface area is 255 Å². The van der Waals surface area contributed by atoms with E-state index in [1.54, 1.807) is 31.6 Å². The number of piperidine rings is 2. The van der Waals surface area contributed by atoms with Crippen molar-refractivity contribution < 1.29 is 9.53 Å². The molecular weight excluding hydrogens is 574 g/mol. The van der Waals surface area contributed by atoms with Gasteiger partial charge >= 0.3 is 0 Å². The van der Waals surface area contributed by atoms with E-state index in [2.05, 4.69) is 42.0 Å². The van der Waals surface area contributed by atoms with Crippen molar-refractivity contribution >= 4 is 52.5 Å². The second-order valence-electron chi connectivity index (χ2n) is 11.4. The Morgan fingerprint density at radius 1 is 1.07 bits per heavy atom. The lowest BCUT2D eigenvalue weighted by Gasteiger charge is -2.41. The zero-order valence-corrected chi connectivity index (χ0v) is 25.4. The first-order valence-electron chi connectivity index (χ1n) is 14.4. The summed E-state index contributed by atoms with van der Waals surface area (Å²) in [7, 11) is 0. The van der Waals surface area contributed by atoms with Gasteiger partial charge in [0.1, 0.15) is 22.4 Å². The maximum Gasteiger partial charge on any atom is 0.227 e. The number of nitrogens with one attached hydrogen (secondary N) is 1. The maximum absolute atomic E-state index is 11.7. The van der Waals surface area contributed by atoms with Gasteiger partial charge in [-0.15, -0.1) is 0 Å². The topological polar surface area (TPSA) is 135 Å². The molecule has 6 heterocycles. The van der Waals surface area contributed by atoms with Crippen molar-refractivity contribution in [1.82, 2.24) is 24.9 Å². The molecular formula is C29H36ClN9O2S. The van der Waals surface area contributed by atoms with Crippen LogP contribution in [0.4, 0.5) is 23.4 Å².